The highest BCUT2D eigenvalue weighted by Crippen LogP contribution is 2.34. The summed E-state index contributed by atoms with van der Waals surface area (Å²) in [5.74, 6) is -5.15. The third-order valence-corrected chi connectivity index (χ3v) is 6.11. The first-order valence-corrected chi connectivity index (χ1v) is 11.8. The van der Waals surface area contributed by atoms with Gasteiger partial charge in [-0.15, -0.1) is 0 Å². The molecular formula is C26H35F2NO4. The fourth-order valence-corrected chi connectivity index (χ4v) is 4.04. The van der Waals surface area contributed by atoms with Crippen LogP contribution in [0.2, 0.25) is 0 Å². The monoisotopic (exact) mass is 463 g/mol. The highest BCUT2D eigenvalue weighted by Gasteiger charge is 2.52. The van der Waals surface area contributed by atoms with Crippen molar-refractivity contribution in [1.82, 2.24) is 4.90 Å². The molecular weight excluding hydrogens is 428 g/mol. The van der Waals surface area contributed by atoms with E-state index in [0.29, 0.717) is 25.7 Å². The minimum atomic E-state index is -3.40. The van der Waals surface area contributed by atoms with Crippen molar-refractivity contribution in [3.8, 4) is 0 Å². The van der Waals surface area contributed by atoms with Crippen molar-refractivity contribution in [2.75, 3.05) is 13.7 Å². The number of benzene rings is 1. The number of ketones is 1. The number of rotatable bonds is 14. The van der Waals surface area contributed by atoms with Crippen LogP contribution in [0.5, 0.6) is 0 Å². The first-order valence-electron chi connectivity index (χ1n) is 11.8. The third-order valence-electron chi connectivity index (χ3n) is 6.11. The molecule has 1 heterocycles. The normalized spacial score (nSPS) is 18.6. The van der Waals surface area contributed by atoms with Gasteiger partial charge < -0.3 is 9.64 Å². The highest BCUT2D eigenvalue weighted by atomic mass is 19.3. The van der Waals surface area contributed by atoms with Gasteiger partial charge in [0.2, 0.25) is 0 Å². The first-order chi connectivity index (χ1) is 15.7. The largest absolute Gasteiger partial charge is 0.469 e. The van der Waals surface area contributed by atoms with Crippen molar-refractivity contribution in [3.05, 3.63) is 48.0 Å². The lowest BCUT2D eigenvalue weighted by Gasteiger charge is -2.21. The molecule has 0 saturated carbocycles. The van der Waals surface area contributed by atoms with Crippen LogP contribution in [-0.4, -0.2) is 48.2 Å². The standard InChI is InChI=1S/C26H35F2NO4/c1-20(11-10-14-21-12-6-5-7-13-21)23(30)17-16-22-19-26(27,28)25(32)29(22)18-9-4-3-8-15-24(31)33-2/h5-7,12-13,16-17,20,22H,3-4,8-11,14-15,18-19H2,1-2H3/b17-16+/t20-,22-/m0/s1. The summed E-state index contributed by atoms with van der Waals surface area (Å²) in [5, 5.41) is 0. The predicted octanol–water partition coefficient (Wildman–Crippen LogP) is 5.13. The van der Waals surface area contributed by atoms with E-state index in [2.05, 4.69) is 16.9 Å². The number of carbonyl (C=O) groups excluding carboxylic acids is 3. The molecule has 0 aliphatic carbocycles. The lowest BCUT2D eigenvalue weighted by Crippen LogP contribution is -2.36. The van der Waals surface area contributed by atoms with Crippen LogP contribution >= 0.6 is 0 Å². The summed E-state index contributed by atoms with van der Waals surface area (Å²) in [4.78, 5) is 36.9. The minimum absolute atomic E-state index is 0.103. The summed E-state index contributed by atoms with van der Waals surface area (Å²) < 4.78 is 32.7. The second kappa shape index (κ2) is 13.2. The van der Waals surface area contributed by atoms with Crippen molar-refractivity contribution in [2.24, 2.45) is 5.92 Å². The first kappa shape index (κ1) is 26.7. The van der Waals surface area contributed by atoms with Crippen LogP contribution in [0, 0.1) is 5.92 Å². The molecule has 7 heteroatoms. The van der Waals surface area contributed by atoms with Gasteiger partial charge in [0.05, 0.1) is 13.2 Å². The summed E-state index contributed by atoms with van der Waals surface area (Å²) >= 11 is 0. The van der Waals surface area contributed by atoms with Gasteiger partial charge in [0.1, 0.15) is 0 Å². The number of allylic oxidation sites excluding steroid dienone is 1. The molecule has 1 aromatic carbocycles. The lowest BCUT2D eigenvalue weighted by atomic mass is 9.96. The maximum atomic E-state index is 14.0. The molecule has 1 aromatic rings. The molecule has 0 aromatic heterocycles. The van der Waals surface area contributed by atoms with Gasteiger partial charge in [0.15, 0.2) is 5.78 Å². The zero-order valence-electron chi connectivity index (χ0n) is 19.6. The van der Waals surface area contributed by atoms with E-state index < -0.39 is 24.3 Å². The number of likely N-dealkylation sites (tertiary alicyclic amines) is 1. The smallest absolute Gasteiger partial charge is 0.327 e. The fraction of sp³-hybridized carbons (Fsp3) is 0.577. The number of esters is 1. The van der Waals surface area contributed by atoms with E-state index >= 15 is 0 Å². The zero-order valence-corrected chi connectivity index (χ0v) is 19.6. The van der Waals surface area contributed by atoms with Crippen molar-refractivity contribution in [3.63, 3.8) is 0 Å². The SMILES string of the molecule is COC(=O)CCCCCCN1C(=O)C(F)(F)C[C@@H]1/C=C/C(=O)[C@@H](C)CCCc1ccccc1. The number of methoxy groups -OCH3 is 1. The van der Waals surface area contributed by atoms with Crippen molar-refractivity contribution < 1.29 is 27.9 Å². The maximum absolute atomic E-state index is 14.0. The molecule has 2 atom stereocenters. The Hall–Kier alpha value is -2.57. The quantitative estimate of drug-likeness (QED) is 0.218. The second-order valence-electron chi connectivity index (χ2n) is 8.76. The number of halogens is 2. The van der Waals surface area contributed by atoms with E-state index in [9.17, 15) is 23.2 Å². The van der Waals surface area contributed by atoms with Crippen molar-refractivity contribution in [2.45, 2.75) is 76.7 Å². The summed E-state index contributed by atoms with van der Waals surface area (Å²) in [6, 6.07) is 9.27. The molecule has 33 heavy (non-hydrogen) atoms. The molecule has 182 valence electrons. The zero-order chi connectivity index (χ0) is 24.3. The van der Waals surface area contributed by atoms with E-state index in [0.717, 1.165) is 25.7 Å². The number of aryl methyl sites for hydroxylation is 1. The molecule has 0 spiro atoms. The van der Waals surface area contributed by atoms with Crippen molar-refractivity contribution in [1.29, 1.82) is 0 Å². The average Bonchev–Trinajstić information content (AvgIpc) is 3.02. The Morgan fingerprint density at radius 2 is 1.85 bits per heavy atom. The number of amides is 1. The van der Waals surface area contributed by atoms with Gasteiger partial charge >= 0.3 is 11.9 Å². The molecule has 0 unspecified atom stereocenters. The van der Waals surface area contributed by atoms with Gasteiger partial charge in [-0.25, -0.2) is 0 Å². The topological polar surface area (TPSA) is 63.7 Å². The molecule has 2 rings (SSSR count). The van der Waals surface area contributed by atoms with E-state index in [1.807, 2.05) is 25.1 Å². The highest BCUT2D eigenvalue weighted by molar-refractivity contribution is 5.92. The number of nitrogens with zero attached hydrogens (tertiary/aromatic N) is 1. The van der Waals surface area contributed by atoms with Crippen LogP contribution in [0.4, 0.5) is 8.78 Å². The molecule has 1 aliphatic rings. The Kier molecular flexibility index (Phi) is 10.7. The Morgan fingerprint density at radius 3 is 2.55 bits per heavy atom. The summed E-state index contributed by atoms with van der Waals surface area (Å²) in [6.07, 6.45) is 7.75. The summed E-state index contributed by atoms with van der Waals surface area (Å²) in [7, 11) is 1.34. The average molecular weight is 464 g/mol. The predicted molar refractivity (Wildman–Crippen MR) is 123 cm³/mol. The molecule has 1 fully saturated rings. The number of hydrogen-bond acceptors (Lipinski definition) is 4. The van der Waals surface area contributed by atoms with Gasteiger partial charge in [-0.1, -0.05) is 56.2 Å². The number of carbonyl (C=O) groups is 3. The molecule has 0 N–H and O–H groups in total. The van der Waals surface area contributed by atoms with Gasteiger partial charge in [0, 0.05) is 25.3 Å². The van der Waals surface area contributed by atoms with E-state index in [4.69, 9.17) is 0 Å². The lowest BCUT2D eigenvalue weighted by molar-refractivity contribution is -0.148. The molecule has 1 aliphatic heterocycles. The van der Waals surface area contributed by atoms with E-state index in [1.54, 1.807) is 0 Å². The van der Waals surface area contributed by atoms with Gasteiger partial charge in [0.25, 0.3) is 5.91 Å². The second-order valence-corrected chi connectivity index (χ2v) is 8.76. The minimum Gasteiger partial charge on any atom is -0.469 e. The molecule has 0 bridgehead atoms. The Morgan fingerprint density at radius 1 is 1.15 bits per heavy atom. The number of unbranched alkanes of at least 4 members (excludes halogenated alkanes) is 3. The van der Waals surface area contributed by atoms with Crippen LogP contribution in [0.1, 0.15) is 63.9 Å². The van der Waals surface area contributed by atoms with Crippen LogP contribution in [0.3, 0.4) is 0 Å². The molecule has 1 amide bonds. The van der Waals surface area contributed by atoms with Crippen LogP contribution in [-0.2, 0) is 25.5 Å². The molecule has 0 radical (unpaired) electrons. The number of hydrogen-bond donors (Lipinski definition) is 0. The number of alkyl halides is 2. The van der Waals surface area contributed by atoms with Gasteiger partial charge in [-0.3, -0.25) is 14.4 Å². The van der Waals surface area contributed by atoms with E-state index in [-0.39, 0.29) is 24.2 Å². The van der Waals surface area contributed by atoms with Crippen LogP contribution < -0.4 is 0 Å². The Bertz CT molecular complexity index is 810. The van der Waals surface area contributed by atoms with Crippen molar-refractivity contribution >= 4 is 17.7 Å². The molecule has 5 nitrogen and oxygen atoms in total. The maximum Gasteiger partial charge on any atom is 0.327 e. The summed E-state index contributed by atoms with van der Waals surface area (Å²) in [5.41, 5.74) is 1.22. The van der Waals surface area contributed by atoms with Gasteiger partial charge in [-0.05, 0) is 43.7 Å². The molecule has 1 saturated heterocycles. The Labute approximate surface area is 195 Å². The summed E-state index contributed by atoms with van der Waals surface area (Å²) in [6.45, 7) is 2.06. The third kappa shape index (κ3) is 8.71. The van der Waals surface area contributed by atoms with Crippen LogP contribution in [0.25, 0.3) is 0 Å². The van der Waals surface area contributed by atoms with Crippen LogP contribution in [0.15, 0.2) is 42.5 Å². The fourth-order valence-electron chi connectivity index (χ4n) is 4.04. The number of ether oxygens (including phenoxy) is 1. The van der Waals surface area contributed by atoms with E-state index in [1.165, 1.54) is 29.7 Å². The Balaban J connectivity index is 1.80. The van der Waals surface area contributed by atoms with Gasteiger partial charge in [-0.2, -0.15) is 8.78 Å².